The SMILES string of the molecule is Cl.O=C(O)C(CCCl)c1cc(F)c(F)c(F)c1. The van der Waals surface area contributed by atoms with Crippen molar-refractivity contribution in [1.82, 2.24) is 0 Å². The maximum absolute atomic E-state index is 12.9. The molecular formula is C10H9Cl2F3O2. The second-order valence-corrected chi connectivity index (χ2v) is 3.54. The van der Waals surface area contributed by atoms with Gasteiger partial charge in [-0.15, -0.1) is 24.0 Å². The van der Waals surface area contributed by atoms with Crippen LogP contribution >= 0.6 is 24.0 Å². The van der Waals surface area contributed by atoms with Gasteiger partial charge in [0.15, 0.2) is 17.5 Å². The molecule has 96 valence electrons. The van der Waals surface area contributed by atoms with Gasteiger partial charge in [0.25, 0.3) is 0 Å². The zero-order chi connectivity index (χ0) is 12.3. The topological polar surface area (TPSA) is 37.3 Å². The minimum atomic E-state index is -1.61. The Morgan fingerprint density at radius 1 is 1.29 bits per heavy atom. The molecule has 2 nitrogen and oxygen atoms in total. The Morgan fingerprint density at radius 3 is 2.12 bits per heavy atom. The summed E-state index contributed by atoms with van der Waals surface area (Å²) in [7, 11) is 0. The standard InChI is InChI=1S/C10H8ClF3O2.ClH/c11-2-1-6(10(15)16)5-3-7(12)9(14)8(13)4-5;/h3-4,6H,1-2H2,(H,15,16);1H. The van der Waals surface area contributed by atoms with Crippen LogP contribution in [0.1, 0.15) is 17.9 Å². The molecule has 0 bridgehead atoms. The number of aliphatic carboxylic acids is 1. The zero-order valence-electron chi connectivity index (χ0n) is 8.42. The van der Waals surface area contributed by atoms with Crippen LogP contribution in [0.25, 0.3) is 0 Å². The summed E-state index contributed by atoms with van der Waals surface area (Å²) < 4.78 is 38.4. The van der Waals surface area contributed by atoms with E-state index in [4.69, 9.17) is 16.7 Å². The van der Waals surface area contributed by atoms with Gasteiger partial charge in [-0.1, -0.05) is 0 Å². The van der Waals surface area contributed by atoms with Crippen molar-refractivity contribution in [2.75, 3.05) is 5.88 Å². The molecule has 0 saturated heterocycles. The average molecular weight is 289 g/mol. The summed E-state index contributed by atoms with van der Waals surface area (Å²) in [5.41, 5.74) is -0.135. The largest absolute Gasteiger partial charge is 0.481 e. The molecule has 0 aliphatic carbocycles. The van der Waals surface area contributed by atoms with E-state index in [-0.39, 0.29) is 30.3 Å². The van der Waals surface area contributed by atoms with Gasteiger partial charge in [-0.05, 0) is 24.1 Å². The van der Waals surface area contributed by atoms with Gasteiger partial charge in [0, 0.05) is 5.88 Å². The van der Waals surface area contributed by atoms with Gasteiger partial charge in [-0.25, -0.2) is 13.2 Å². The fraction of sp³-hybridized carbons (Fsp3) is 0.300. The first kappa shape index (κ1) is 16.1. The minimum absolute atomic E-state index is 0. The summed E-state index contributed by atoms with van der Waals surface area (Å²) in [5, 5.41) is 8.81. The molecule has 0 amide bonds. The molecule has 1 atom stereocenters. The monoisotopic (exact) mass is 288 g/mol. The second kappa shape index (κ2) is 6.71. The number of hydrogen-bond acceptors (Lipinski definition) is 1. The first-order valence-electron chi connectivity index (χ1n) is 4.40. The van der Waals surface area contributed by atoms with Crippen molar-refractivity contribution in [3.63, 3.8) is 0 Å². The number of carbonyl (C=O) groups is 1. The van der Waals surface area contributed by atoms with Gasteiger partial charge in [-0.2, -0.15) is 0 Å². The maximum atomic E-state index is 12.9. The molecule has 1 aromatic rings. The molecule has 0 heterocycles. The van der Waals surface area contributed by atoms with Crippen molar-refractivity contribution < 1.29 is 23.1 Å². The molecule has 0 aromatic heterocycles. The third-order valence-corrected chi connectivity index (χ3v) is 2.32. The lowest BCUT2D eigenvalue weighted by molar-refractivity contribution is -0.138. The van der Waals surface area contributed by atoms with Gasteiger partial charge >= 0.3 is 5.97 Å². The van der Waals surface area contributed by atoms with E-state index in [0.29, 0.717) is 12.1 Å². The summed E-state index contributed by atoms with van der Waals surface area (Å²) in [6.45, 7) is 0. The van der Waals surface area contributed by atoms with Gasteiger partial charge < -0.3 is 5.11 Å². The summed E-state index contributed by atoms with van der Waals surface area (Å²) in [6, 6.07) is 1.34. The molecule has 1 rings (SSSR count). The summed E-state index contributed by atoms with van der Waals surface area (Å²) >= 11 is 5.38. The van der Waals surface area contributed by atoms with Crippen molar-refractivity contribution >= 4 is 30.0 Å². The number of alkyl halides is 1. The van der Waals surface area contributed by atoms with E-state index in [9.17, 15) is 18.0 Å². The van der Waals surface area contributed by atoms with Gasteiger partial charge in [0.2, 0.25) is 0 Å². The molecular weight excluding hydrogens is 280 g/mol. The van der Waals surface area contributed by atoms with Gasteiger partial charge in [0.05, 0.1) is 5.92 Å². The average Bonchev–Trinajstić information content (AvgIpc) is 2.21. The van der Waals surface area contributed by atoms with Gasteiger partial charge in [-0.3, -0.25) is 4.79 Å². The Bertz CT molecular complexity index is 390. The minimum Gasteiger partial charge on any atom is -0.481 e. The van der Waals surface area contributed by atoms with Crippen LogP contribution in [0.15, 0.2) is 12.1 Å². The molecule has 17 heavy (non-hydrogen) atoms. The third-order valence-electron chi connectivity index (χ3n) is 2.10. The normalized spacial score (nSPS) is 11.8. The van der Waals surface area contributed by atoms with E-state index >= 15 is 0 Å². The highest BCUT2D eigenvalue weighted by molar-refractivity contribution is 6.18. The molecule has 0 spiro atoms. The van der Waals surface area contributed by atoms with Crippen molar-refractivity contribution in [2.24, 2.45) is 0 Å². The zero-order valence-corrected chi connectivity index (χ0v) is 9.99. The number of carboxylic acid groups (broad SMARTS) is 1. The highest BCUT2D eigenvalue weighted by Crippen LogP contribution is 2.24. The second-order valence-electron chi connectivity index (χ2n) is 3.17. The Kier molecular flexibility index (Phi) is 6.34. The van der Waals surface area contributed by atoms with E-state index in [2.05, 4.69) is 0 Å². The summed E-state index contributed by atoms with van der Waals surface area (Å²) in [4.78, 5) is 10.8. The van der Waals surface area contributed by atoms with E-state index in [1.807, 2.05) is 0 Å². The number of hydrogen-bond donors (Lipinski definition) is 1. The molecule has 7 heteroatoms. The van der Waals surface area contributed by atoms with Crippen LogP contribution in [0.4, 0.5) is 13.2 Å². The maximum Gasteiger partial charge on any atom is 0.311 e. The predicted molar refractivity (Wildman–Crippen MR) is 59.3 cm³/mol. The van der Waals surface area contributed by atoms with Crippen LogP contribution in [-0.2, 0) is 4.79 Å². The fourth-order valence-electron chi connectivity index (χ4n) is 1.32. The summed E-state index contributed by atoms with van der Waals surface area (Å²) in [5.74, 6) is -6.80. The first-order valence-corrected chi connectivity index (χ1v) is 4.94. The van der Waals surface area contributed by atoms with Crippen molar-refractivity contribution in [3.8, 4) is 0 Å². The van der Waals surface area contributed by atoms with E-state index in [0.717, 1.165) is 0 Å². The first-order chi connectivity index (χ1) is 7.47. The third kappa shape index (κ3) is 3.78. The fourth-order valence-corrected chi connectivity index (χ4v) is 1.54. The molecule has 0 radical (unpaired) electrons. The lowest BCUT2D eigenvalue weighted by Crippen LogP contribution is -2.13. The smallest absolute Gasteiger partial charge is 0.311 e. The highest BCUT2D eigenvalue weighted by Gasteiger charge is 2.22. The molecule has 0 aliphatic heterocycles. The van der Waals surface area contributed by atoms with E-state index in [1.54, 1.807) is 0 Å². The van der Waals surface area contributed by atoms with Crippen LogP contribution in [0.5, 0.6) is 0 Å². The van der Waals surface area contributed by atoms with Crippen molar-refractivity contribution in [3.05, 3.63) is 35.1 Å². The molecule has 0 aliphatic rings. The van der Waals surface area contributed by atoms with Crippen LogP contribution in [-0.4, -0.2) is 17.0 Å². The molecule has 1 aromatic carbocycles. The number of rotatable bonds is 4. The lowest BCUT2D eigenvalue weighted by Gasteiger charge is -2.11. The van der Waals surface area contributed by atoms with Gasteiger partial charge in [0.1, 0.15) is 0 Å². The Morgan fingerprint density at radius 2 is 1.76 bits per heavy atom. The molecule has 1 N–H and O–H groups in total. The van der Waals surface area contributed by atoms with Crippen LogP contribution in [0, 0.1) is 17.5 Å². The van der Waals surface area contributed by atoms with Crippen LogP contribution in [0.3, 0.4) is 0 Å². The number of benzene rings is 1. The number of carboxylic acids is 1. The Hall–Kier alpha value is -0.940. The molecule has 1 unspecified atom stereocenters. The van der Waals surface area contributed by atoms with Crippen LogP contribution < -0.4 is 0 Å². The Labute approximate surface area is 107 Å². The van der Waals surface area contributed by atoms with E-state index < -0.39 is 29.3 Å². The highest BCUT2D eigenvalue weighted by atomic mass is 35.5. The lowest BCUT2D eigenvalue weighted by atomic mass is 9.96. The van der Waals surface area contributed by atoms with Crippen LogP contribution in [0.2, 0.25) is 0 Å². The molecule has 0 fully saturated rings. The Balaban J connectivity index is 0.00000256. The number of halogens is 5. The molecule has 0 saturated carbocycles. The summed E-state index contributed by atoms with van der Waals surface area (Å²) in [6.07, 6.45) is 0.0153. The quantitative estimate of drug-likeness (QED) is 0.682. The van der Waals surface area contributed by atoms with Crippen molar-refractivity contribution in [1.29, 1.82) is 0 Å². The van der Waals surface area contributed by atoms with E-state index in [1.165, 1.54) is 0 Å². The van der Waals surface area contributed by atoms with Crippen molar-refractivity contribution in [2.45, 2.75) is 12.3 Å². The predicted octanol–water partition coefficient (Wildman–Crippen LogP) is 3.32.